The normalized spacial score (nSPS) is 17.9. The number of hydrogen-bond donors (Lipinski definition) is 0. The van der Waals surface area contributed by atoms with Crippen molar-refractivity contribution in [1.82, 2.24) is 0 Å². The van der Waals surface area contributed by atoms with E-state index in [0.717, 1.165) is 0 Å². The Bertz CT molecular complexity index is 514. The molecule has 0 fully saturated rings. The van der Waals surface area contributed by atoms with Crippen LogP contribution in [0, 0.1) is 17.5 Å². The predicted octanol–water partition coefficient (Wildman–Crippen LogP) is 3.31. The molecule has 0 amide bonds. The summed E-state index contributed by atoms with van der Waals surface area (Å²) in [5.41, 5.74) is -0.779. The fourth-order valence-electron chi connectivity index (χ4n) is 1.45. The minimum absolute atomic E-state index is 0.0618. The largest absolute Gasteiger partial charge is 0.475 e. The van der Waals surface area contributed by atoms with E-state index < -0.39 is 28.0 Å². The number of aliphatic imine (C=N–C) groups is 1. The number of rotatable bonds is 1. The molecule has 0 aromatic heterocycles. The Morgan fingerprint density at radius 2 is 1.94 bits per heavy atom. The third-order valence-electron chi connectivity index (χ3n) is 2.30. The van der Waals surface area contributed by atoms with E-state index >= 15 is 0 Å². The molecule has 1 aliphatic heterocycles. The molecule has 0 unspecified atom stereocenters. The molecule has 1 aromatic rings. The molecule has 0 bridgehead atoms. The second-order valence-corrected chi connectivity index (χ2v) is 4.74. The number of nitrogens with zero attached hydrogens (tertiary/aromatic N) is 1. The standard InChI is InChI=1S/C11H9ClF3NO/c1-11(2)4-17-10(16-11)5-3-6(13)9(15)7(12)8(5)14/h3H,4H2,1-2H3. The van der Waals surface area contributed by atoms with Gasteiger partial charge >= 0.3 is 0 Å². The number of hydrogen-bond acceptors (Lipinski definition) is 2. The lowest BCUT2D eigenvalue weighted by molar-refractivity contribution is 0.278. The quantitative estimate of drug-likeness (QED) is 0.563. The van der Waals surface area contributed by atoms with Gasteiger partial charge in [-0.15, -0.1) is 0 Å². The van der Waals surface area contributed by atoms with Crippen molar-refractivity contribution in [3.05, 3.63) is 34.1 Å². The van der Waals surface area contributed by atoms with Crippen LogP contribution in [0.5, 0.6) is 0 Å². The first kappa shape index (κ1) is 12.2. The lowest BCUT2D eigenvalue weighted by Gasteiger charge is -2.07. The maximum Gasteiger partial charge on any atom is 0.219 e. The average Bonchev–Trinajstić information content (AvgIpc) is 2.61. The first-order chi connectivity index (χ1) is 7.82. The molecule has 1 heterocycles. The Kier molecular flexibility index (Phi) is 2.81. The van der Waals surface area contributed by atoms with Crippen molar-refractivity contribution in [2.45, 2.75) is 19.4 Å². The highest BCUT2D eigenvalue weighted by Crippen LogP contribution is 2.28. The Morgan fingerprint density at radius 1 is 1.29 bits per heavy atom. The molecule has 0 spiro atoms. The Labute approximate surface area is 101 Å². The molecular formula is C11H9ClF3NO. The van der Waals surface area contributed by atoms with Gasteiger partial charge in [0.25, 0.3) is 0 Å². The molecule has 2 rings (SSSR count). The maximum atomic E-state index is 13.6. The molecule has 2 nitrogen and oxygen atoms in total. The molecule has 17 heavy (non-hydrogen) atoms. The second-order valence-electron chi connectivity index (χ2n) is 4.37. The first-order valence-corrected chi connectivity index (χ1v) is 5.25. The minimum atomic E-state index is -1.41. The SMILES string of the molecule is CC1(C)COC(c2cc(F)c(F)c(Cl)c2F)=N1. The predicted molar refractivity (Wildman–Crippen MR) is 57.9 cm³/mol. The van der Waals surface area contributed by atoms with E-state index in [1.54, 1.807) is 13.8 Å². The lowest BCUT2D eigenvalue weighted by atomic mass is 10.1. The van der Waals surface area contributed by atoms with E-state index in [9.17, 15) is 13.2 Å². The molecule has 0 saturated heterocycles. The highest BCUT2D eigenvalue weighted by molar-refractivity contribution is 6.31. The molecule has 0 aliphatic carbocycles. The van der Waals surface area contributed by atoms with Gasteiger partial charge in [-0.3, -0.25) is 0 Å². The van der Waals surface area contributed by atoms with Crippen molar-refractivity contribution in [2.24, 2.45) is 4.99 Å². The Balaban J connectivity index is 2.55. The van der Waals surface area contributed by atoms with Gasteiger partial charge in [0.1, 0.15) is 11.6 Å². The fourth-order valence-corrected chi connectivity index (χ4v) is 1.64. The molecule has 1 aliphatic rings. The van der Waals surface area contributed by atoms with Crippen molar-refractivity contribution in [2.75, 3.05) is 6.61 Å². The van der Waals surface area contributed by atoms with Gasteiger partial charge in [0.05, 0.1) is 11.1 Å². The van der Waals surface area contributed by atoms with Gasteiger partial charge in [-0.05, 0) is 19.9 Å². The third kappa shape index (κ3) is 2.11. The monoisotopic (exact) mass is 263 g/mol. The summed E-state index contributed by atoms with van der Waals surface area (Å²) in [5, 5.41) is -0.893. The summed E-state index contributed by atoms with van der Waals surface area (Å²) in [6, 6.07) is 0.691. The van der Waals surface area contributed by atoms with Crippen LogP contribution < -0.4 is 0 Å². The molecule has 92 valence electrons. The van der Waals surface area contributed by atoms with Gasteiger partial charge in [0.2, 0.25) is 5.90 Å². The minimum Gasteiger partial charge on any atom is -0.475 e. The highest BCUT2D eigenvalue weighted by Gasteiger charge is 2.30. The summed E-state index contributed by atoms with van der Waals surface area (Å²) in [4.78, 5) is 4.07. The highest BCUT2D eigenvalue weighted by atomic mass is 35.5. The Morgan fingerprint density at radius 3 is 2.47 bits per heavy atom. The zero-order chi connectivity index (χ0) is 12.8. The van der Waals surface area contributed by atoms with Gasteiger partial charge in [-0.2, -0.15) is 0 Å². The van der Waals surface area contributed by atoms with Crippen LogP contribution in [0.15, 0.2) is 11.1 Å². The smallest absolute Gasteiger partial charge is 0.219 e. The summed E-state index contributed by atoms with van der Waals surface area (Å²) in [5.74, 6) is -3.77. The van der Waals surface area contributed by atoms with Crippen molar-refractivity contribution in [3.8, 4) is 0 Å². The van der Waals surface area contributed by atoms with Crippen LogP contribution in [-0.2, 0) is 4.74 Å². The van der Waals surface area contributed by atoms with Gasteiger partial charge < -0.3 is 4.74 Å². The van der Waals surface area contributed by atoms with Crippen LogP contribution in [0.3, 0.4) is 0 Å². The van der Waals surface area contributed by atoms with E-state index in [2.05, 4.69) is 4.99 Å². The van der Waals surface area contributed by atoms with E-state index in [1.807, 2.05) is 0 Å². The van der Waals surface area contributed by atoms with Gasteiger partial charge in [-0.1, -0.05) is 11.6 Å². The zero-order valence-electron chi connectivity index (χ0n) is 9.15. The van der Waals surface area contributed by atoms with Crippen molar-refractivity contribution >= 4 is 17.5 Å². The van der Waals surface area contributed by atoms with Crippen LogP contribution in [-0.4, -0.2) is 18.0 Å². The van der Waals surface area contributed by atoms with Crippen LogP contribution in [0.1, 0.15) is 19.4 Å². The summed E-state index contributed by atoms with van der Waals surface area (Å²) < 4.78 is 44.9. The van der Waals surface area contributed by atoms with Crippen molar-refractivity contribution < 1.29 is 17.9 Å². The fraction of sp³-hybridized carbons (Fsp3) is 0.364. The average molecular weight is 264 g/mol. The zero-order valence-corrected chi connectivity index (χ0v) is 9.91. The molecular weight excluding hydrogens is 255 g/mol. The number of benzene rings is 1. The third-order valence-corrected chi connectivity index (χ3v) is 2.63. The molecule has 6 heteroatoms. The van der Waals surface area contributed by atoms with Crippen LogP contribution in [0.2, 0.25) is 5.02 Å². The molecule has 0 radical (unpaired) electrons. The lowest BCUT2D eigenvalue weighted by Crippen LogP contribution is -2.17. The van der Waals surface area contributed by atoms with Crippen molar-refractivity contribution in [3.63, 3.8) is 0 Å². The second kappa shape index (κ2) is 3.91. The Hall–Kier alpha value is -1.23. The topological polar surface area (TPSA) is 21.6 Å². The van der Waals surface area contributed by atoms with Gasteiger partial charge in [0, 0.05) is 0 Å². The molecule has 1 aromatic carbocycles. The molecule has 0 N–H and O–H groups in total. The summed E-state index contributed by atoms with van der Waals surface area (Å²) in [6.07, 6.45) is 0. The summed E-state index contributed by atoms with van der Waals surface area (Å²) >= 11 is 5.34. The maximum absolute atomic E-state index is 13.6. The van der Waals surface area contributed by atoms with Gasteiger partial charge in [0.15, 0.2) is 17.5 Å². The summed E-state index contributed by atoms with van der Waals surface area (Å²) in [7, 11) is 0. The van der Waals surface area contributed by atoms with E-state index in [0.29, 0.717) is 6.07 Å². The first-order valence-electron chi connectivity index (χ1n) is 4.88. The number of halogens is 4. The molecule has 0 atom stereocenters. The summed E-state index contributed by atoms with van der Waals surface area (Å²) in [6.45, 7) is 3.80. The molecule has 0 saturated carbocycles. The van der Waals surface area contributed by atoms with E-state index in [1.165, 1.54) is 0 Å². The van der Waals surface area contributed by atoms with E-state index in [-0.39, 0.29) is 18.1 Å². The number of ether oxygens (including phenoxy) is 1. The van der Waals surface area contributed by atoms with Crippen LogP contribution >= 0.6 is 11.6 Å². The van der Waals surface area contributed by atoms with Crippen LogP contribution in [0.4, 0.5) is 13.2 Å². The van der Waals surface area contributed by atoms with Gasteiger partial charge in [-0.25, -0.2) is 18.2 Å². The van der Waals surface area contributed by atoms with Crippen LogP contribution in [0.25, 0.3) is 0 Å². The van der Waals surface area contributed by atoms with E-state index in [4.69, 9.17) is 16.3 Å². The van der Waals surface area contributed by atoms with Crippen molar-refractivity contribution in [1.29, 1.82) is 0 Å².